The van der Waals surface area contributed by atoms with Crippen molar-refractivity contribution in [2.24, 2.45) is 0 Å². The van der Waals surface area contributed by atoms with Gasteiger partial charge in [-0.15, -0.1) is 10.2 Å². The highest BCUT2D eigenvalue weighted by Gasteiger charge is 2.23. The van der Waals surface area contributed by atoms with Crippen molar-refractivity contribution in [2.45, 2.75) is 29.3 Å². The molecule has 1 fully saturated rings. The number of carbonyl (C=O) groups excluding carboxylic acids is 1. The van der Waals surface area contributed by atoms with E-state index in [4.69, 9.17) is 9.47 Å². The summed E-state index contributed by atoms with van der Waals surface area (Å²) in [5.41, 5.74) is 0. The number of nitrogens with one attached hydrogen (secondary N) is 2. The minimum absolute atomic E-state index is 0.0561. The van der Waals surface area contributed by atoms with E-state index in [1.54, 1.807) is 0 Å². The molecule has 4 rings (SSSR count). The Hall–Kier alpha value is -2.00. The minimum Gasteiger partial charge on any atom is -0.486 e. The van der Waals surface area contributed by atoms with Crippen LogP contribution in [0, 0.1) is 0 Å². The lowest BCUT2D eigenvalue weighted by Gasteiger charge is -2.26. The number of carbonyl (C=O) groups is 1. The second-order valence-electron chi connectivity index (χ2n) is 5.88. The number of thioether (sulfide) groups is 1. The molecule has 1 atom stereocenters. The highest BCUT2D eigenvalue weighted by atomic mass is 32.2. The molecule has 0 bridgehead atoms. The summed E-state index contributed by atoms with van der Waals surface area (Å²) in [5.74, 6) is 1.71. The first kappa shape index (κ1) is 16.5. The monoisotopic (exact) mass is 378 g/mol. The van der Waals surface area contributed by atoms with E-state index in [2.05, 4.69) is 20.8 Å². The number of nitrogens with zero attached hydrogens (tertiary/aromatic N) is 2. The van der Waals surface area contributed by atoms with Crippen LogP contribution in [0.1, 0.15) is 12.8 Å². The molecule has 1 aliphatic carbocycles. The Bertz CT molecular complexity index is 750. The Balaban J connectivity index is 1.18. The number of hydrogen-bond donors (Lipinski definition) is 2. The molecule has 0 radical (unpaired) electrons. The summed E-state index contributed by atoms with van der Waals surface area (Å²) in [4.78, 5) is 12.0. The molecule has 0 saturated heterocycles. The van der Waals surface area contributed by atoms with E-state index in [0.29, 0.717) is 30.7 Å². The van der Waals surface area contributed by atoms with Crippen LogP contribution in [0.3, 0.4) is 0 Å². The van der Waals surface area contributed by atoms with Gasteiger partial charge in [-0.1, -0.05) is 35.2 Å². The van der Waals surface area contributed by atoms with Crippen molar-refractivity contribution < 1.29 is 14.3 Å². The summed E-state index contributed by atoms with van der Waals surface area (Å²) in [6.45, 7) is 0.843. The molecule has 9 heteroatoms. The Morgan fingerprint density at radius 2 is 2.12 bits per heavy atom. The number of para-hydroxylation sites is 2. The van der Waals surface area contributed by atoms with Crippen molar-refractivity contribution in [1.29, 1.82) is 0 Å². The van der Waals surface area contributed by atoms with Gasteiger partial charge < -0.3 is 20.1 Å². The maximum Gasteiger partial charge on any atom is 0.230 e. The molecule has 0 unspecified atom stereocenters. The average Bonchev–Trinajstić information content (AvgIpc) is 3.34. The van der Waals surface area contributed by atoms with Crippen molar-refractivity contribution in [3.63, 3.8) is 0 Å². The van der Waals surface area contributed by atoms with Crippen molar-refractivity contribution in [3.05, 3.63) is 24.3 Å². The first-order chi connectivity index (χ1) is 12.3. The summed E-state index contributed by atoms with van der Waals surface area (Å²) in [6.07, 6.45) is 2.21. The van der Waals surface area contributed by atoms with Crippen LogP contribution >= 0.6 is 23.1 Å². The van der Waals surface area contributed by atoms with Gasteiger partial charge in [-0.25, -0.2) is 0 Å². The lowest BCUT2D eigenvalue weighted by molar-refractivity contribution is -0.119. The summed E-state index contributed by atoms with van der Waals surface area (Å²) in [7, 11) is 0. The largest absolute Gasteiger partial charge is 0.486 e. The van der Waals surface area contributed by atoms with E-state index in [9.17, 15) is 4.79 Å². The van der Waals surface area contributed by atoms with Crippen molar-refractivity contribution in [2.75, 3.05) is 24.2 Å². The quantitative estimate of drug-likeness (QED) is 0.714. The predicted molar refractivity (Wildman–Crippen MR) is 96.6 cm³/mol. The summed E-state index contributed by atoms with van der Waals surface area (Å²) < 4.78 is 12.2. The maximum atomic E-state index is 12.0. The predicted octanol–water partition coefficient (Wildman–Crippen LogP) is 2.16. The molecular weight excluding hydrogens is 360 g/mol. The van der Waals surface area contributed by atoms with Crippen molar-refractivity contribution in [1.82, 2.24) is 15.5 Å². The van der Waals surface area contributed by atoms with Crippen LogP contribution in [0.5, 0.6) is 11.5 Å². The number of rotatable bonds is 7. The van der Waals surface area contributed by atoms with Crippen LogP contribution in [0.2, 0.25) is 0 Å². The number of aromatic nitrogens is 2. The van der Waals surface area contributed by atoms with Gasteiger partial charge in [0.15, 0.2) is 15.8 Å². The lowest BCUT2D eigenvalue weighted by atomic mass is 10.2. The second kappa shape index (κ2) is 7.49. The molecule has 2 aromatic rings. The molecule has 1 aliphatic heterocycles. The Kier molecular flexibility index (Phi) is 4.93. The van der Waals surface area contributed by atoms with E-state index in [0.717, 1.165) is 15.2 Å². The third-order valence-electron chi connectivity index (χ3n) is 3.73. The molecule has 1 aromatic carbocycles. The molecule has 1 amide bonds. The molecule has 2 aliphatic rings. The maximum absolute atomic E-state index is 12.0. The molecule has 1 aromatic heterocycles. The van der Waals surface area contributed by atoms with E-state index >= 15 is 0 Å². The molecule has 1 saturated carbocycles. The highest BCUT2D eigenvalue weighted by Crippen LogP contribution is 2.31. The van der Waals surface area contributed by atoms with Crippen molar-refractivity contribution >= 4 is 34.1 Å². The number of anilines is 1. The van der Waals surface area contributed by atoms with Crippen LogP contribution in [0.25, 0.3) is 0 Å². The number of amides is 1. The standard InChI is InChI=1S/C16H18N4O3S2/c21-14(9-24-16-20-19-15(25-16)18-10-5-6-10)17-7-11-8-22-12-3-1-2-4-13(12)23-11/h1-4,10-11H,5-9H2,(H,17,21)(H,18,19)/t11-/m0/s1. The lowest BCUT2D eigenvalue weighted by Crippen LogP contribution is -2.41. The average molecular weight is 378 g/mol. The fraction of sp³-hybridized carbons (Fsp3) is 0.438. The number of hydrogen-bond acceptors (Lipinski definition) is 8. The molecule has 132 valence electrons. The molecule has 2 N–H and O–H groups in total. The SMILES string of the molecule is O=C(CSc1nnc(NC2CC2)s1)NC[C@H]1COc2ccccc2O1. The molecule has 2 heterocycles. The molecular formula is C16H18N4O3S2. The zero-order valence-electron chi connectivity index (χ0n) is 13.4. The fourth-order valence-corrected chi connectivity index (χ4v) is 3.96. The Labute approximate surface area is 153 Å². The molecule has 25 heavy (non-hydrogen) atoms. The van der Waals surface area contributed by atoms with Gasteiger partial charge in [-0.05, 0) is 25.0 Å². The number of fused-ring (bicyclic) bond motifs is 1. The Morgan fingerprint density at radius 3 is 2.96 bits per heavy atom. The van der Waals surface area contributed by atoms with Gasteiger partial charge in [-0.2, -0.15) is 0 Å². The van der Waals surface area contributed by atoms with Gasteiger partial charge in [0.2, 0.25) is 11.0 Å². The first-order valence-corrected chi connectivity index (χ1v) is 9.94. The first-order valence-electron chi connectivity index (χ1n) is 8.14. The summed E-state index contributed by atoms with van der Waals surface area (Å²) in [5, 5.41) is 15.2. The molecule has 7 nitrogen and oxygen atoms in total. The third-order valence-corrected chi connectivity index (χ3v) is 5.72. The summed E-state index contributed by atoms with van der Waals surface area (Å²) >= 11 is 2.88. The minimum atomic E-state index is -0.181. The van der Waals surface area contributed by atoms with E-state index < -0.39 is 0 Å². The van der Waals surface area contributed by atoms with Gasteiger partial charge in [-0.3, -0.25) is 4.79 Å². The number of benzene rings is 1. The van der Waals surface area contributed by atoms with Crippen LogP contribution < -0.4 is 20.1 Å². The topological polar surface area (TPSA) is 85.4 Å². The van der Waals surface area contributed by atoms with Gasteiger partial charge >= 0.3 is 0 Å². The normalized spacial score (nSPS) is 18.6. The smallest absolute Gasteiger partial charge is 0.230 e. The summed E-state index contributed by atoms with van der Waals surface area (Å²) in [6, 6.07) is 8.09. The van der Waals surface area contributed by atoms with Gasteiger partial charge in [0.05, 0.1) is 12.3 Å². The van der Waals surface area contributed by atoms with Gasteiger partial charge in [0, 0.05) is 6.04 Å². The number of ether oxygens (including phenoxy) is 2. The molecule has 0 spiro atoms. The van der Waals surface area contributed by atoms with E-state index in [1.807, 2.05) is 24.3 Å². The van der Waals surface area contributed by atoms with Crippen LogP contribution in [-0.4, -0.2) is 47.2 Å². The zero-order chi connectivity index (χ0) is 17.1. The second-order valence-corrected chi connectivity index (χ2v) is 8.08. The van der Waals surface area contributed by atoms with Crippen LogP contribution in [0.15, 0.2) is 28.6 Å². The van der Waals surface area contributed by atoms with Crippen LogP contribution in [-0.2, 0) is 4.79 Å². The van der Waals surface area contributed by atoms with Gasteiger partial charge in [0.1, 0.15) is 12.7 Å². The van der Waals surface area contributed by atoms with E-state index in [1.165, 1.54) is 35.9 Å². The van der Waals surface area contributed by atoms with Crippen molar-refractivity contribution in [3.8, 4) is 11.5 Å². The zero-order valence-corrected chi connectivity index (χ0v) is 15.1. The fourth-order valence-electron chi connectivity index (χ4n) is 2.30. The highest BCUT2D eigenvalue weighted by molar-refractivity contribution is 8.01. The Morgan fingerprint density at radius 1 is 1.28 bits per heavy atom. The van der Waals surface area contributed by atoms with Gasteiger partial charge in [0.25, 0.3) is 0 Å². The van der Waals surface area contributed by atoms with E-state index in [-0.39, 0.29) is 12.0 Å². The van der Waals surface area contributed by atoms with Crippen LogP contribution in [0.4, 0.5) is 5.13 Å². The third kappa shape index (κ3) is 4.55.